The number of rotatable bonds is 16. The quantitative estimate of drug-likeness (QED) is 0.180. The van der Waals surface area contributed by atoms with Crippen molar-refractivity contribution in [2.45, 2.75) is 71.0 Å². The van der Waals surface area contributed by atoms with E-state index in [1.165, 1.54) is 0 Å². The minimum Gasteiger partial charge on any atom is -0.428 e. The van der Waals surface area contributed by atoms with Gasteiger partial charge < -0.3 is 24.7 Å². The molecule has 9 nitrogen and oxygen atoms in total. The van der Waals surface area contributed by atoms with E-state index >= 15 is 0 Å². The second-order valence-electron chi connectivity index (χ2n) is 5.53. The molecule has 0 heterocycles. The van der Waals surface area contributed by atoms with E-state index in [9.17, 15) is 19.2 Å². The molecule has 150 valence electrons. The highest BCUT2D eigenvalue weighted by Crippen LogP contribution is 2.05. The molecule has 0 saturated heterocycles. The van der Waals surface area contributed by atoms with Crippen molar-refractivity contribution in [1.29, 1.82) is 0 Å². The summed E-state index contributed by atoms with van der Waals surface area (Å²) in [4.78, 5) is 45.1. The Kier molecular flexibility index (Phi) is 14.3. The fraction of sp³-hybridized carbons (Fsp3) is 0.765. The molecule has 0 aromatic rings. The number of aldehydes is 2. The van der Waals surface area contributed by atoms with Gasteiger partial charge in [0, 0.05) is 6.42 Å². The Morgan fingerprint density at radius 2 is 1.42 bits per heavy atom. The van der Waals surface area contributed by atoms with E-state index in [4.69, 9.17) is 24.7 Å². The average Bonchev–Trinajstić information content (AvgIpc) is 2.64. The van der Waals surface area contributed by atoms with Crippen LogP contribution >= 0.6 is 0 Å². The highest BCUT2D eigenvalue weighted by atomic mass is 16.7. The molecule has 0 saturated carbocycles. The van der Waals surface area contributed by atoms with Gasteiger partial charge in [0.25, 0.3) is 12.6 Å². The molecule has 0 aliphatic carbocycles. The molecule has 9 heteroatoms. The summed E-state index contributed by atoms with van der Waals surface area (Å²) in [6.45, 7) is 4.48. The van der Waals surface area contributed by atoms with Gasteiger partial charge in [-0.15, -0.1) is 0 Å². The van der Waals surface area contributed by atoms with E-state index in [0.717, 1.165) is 25.7 Å². The minimum absolute atomic E-state index is 0.0707. The van der Waals surface area contributed by atoms with Crippen LogP contribution in [0.1, 0.15) is 52.4 Å². The predicted molar refractivity (Wildman–Crippen MR) is 90.8 cm³/mol. The first-order valence-corrected chi connectivity index (χ1v) is 8.77. The molecule has 0 fully saturated rings. The number of hydrogen-bond donors (Lipinski definition) is 1. The van der Waals surface area contributed by atoms with Crippen LogP contribution in [0.25, 0.3) is 0 Å². The van der Waals surface area contributed by atoms with E-state index in [1.54, 1.807) is 0 Å². The zero-order valence-electron chi connectivity index (χ0n) is 15.4. The van der Waals surface area contributed by atoms with Crippen molar-refractivity contribution in [2.24, 2.45) is 5.73 Å². The lowest BCUT2D eigenvalue weighted by Gasteiger charge is -2.16. The average molecular weight is 375 g/mol. The normalized spacial score (nSPS) is 14.1. The van der Waals surface area contributed by atoms with Crippen molar-refractivity contribution < 1.29 is 38.1 Å². The molecule has 26 heavy (non-hydrogen) atoms. The van der Waals surface area contributed by atoms with E-state index in [2.05, 4.69) is 0 Å². The summed E-state index contributed by atoms with van der Waals surface area (Å²) in [6.07, 6.45) is 1.06. The van der Waals surface area contributed by atoms with Gasteiger partial charge >= 0.3 is 11.9 Å². The second-order valence-corrected chi connectivity index (χ2v) is 5.53. The van der Waals surface area contributed by atoms with Crippen LogP contribution < -0.4 is 5.73 Å². The smallest absolute Gasteiger partial charge is 0.325 e. The zero-order chi connectivity index (χ0) is 19.8. The molecule has 0 aliphatic rings. The van der Waals surface area contributed by atoms with Crippen LogP contribution in [-0.4, -0.2) is 56.3 Å². The monoisotopic (exact) mass is 375 g/mol. The molecule has 2 unspecified atom stereocenters. The largest absolute Gasteiger partial charge is 0.428 e. The maximum absolute atomic E-state index is 11.8. The minimum atomic E-state index is -1.32. The Labute approximate surface area is 153 Å². The van der Waals surface area contributed by atoms with Crippen LogP contribution in [0.3, 0.4) is 0 Å². The van der Waals surface area contributed by atoms with Gasteiger partial charge in [0.1, 0.15) is 6.04 Å². The molecule has 0 aliphatic heterocycles. The van der Waals surface area contributed by atoms with Gasteiger partial charge in [-0.25, -0.2) is 0 Å². The first-order valence-electron chi connectivity index (χ1n) is 8.77. The van der Waals surface area contributed by atoms with Crippen LogP contribution in [0.15, 0.2) is 0 Å². The topological polar surface area (TPSA) is 131 Å². The molecule has 0 aromatic heterocycles. The summed E-state index contributed by atoms with van der Waals surface area (Å²) in [5.74, 6) is -1.59. The van der Waals surface area contributed by atoms with Crippen molar-refractivity contribution in [1.82, 2.24) is 0 Å². The summed E-state index contributed by atoms with van der Waals surface area (Å²) >= 11 is 0. The van der Waals surface area contributed by atoms with E-state index < -0.39 is 30.6 Å². The number of hydrogen-bond acceptors (Lipinski definition) is 9. The predicted octanol–water partition coefficient (Wildman–Crippen LogP) is 0.864. The van der Waals surface area contributed by atoms with E-state index in [-0.39, 0.29) is 19.4 Å². The third kappa shape index (κ3) is 11.7. The first-order chi connectivity index (χ1) is 12.5. The van der Waals surface area contributed by atoms with Crippen LogP contribution in [0, 0.1) is 0 Å². The second kappa shape index (κ2) is 15.4. The molecule has 3 atom stereocenters. The standard InChI is InChI=1S/C17H29NO8/c1-3-5-9-23-15(11-19)25-14(21)8-7-13(18)17(22)26-16(12-20)24-10-6-4-2/h11-13,15-16H,3-10,18H2,1-2H3/t13-,15?,16?/m0/s1. The van der Waals surface area contributed by atoms with Crippen molar-refractivity contribution in [2.75, 3.05) is 13.2 Å². The Morgan fingerprint density at radius 1 is 0.923 bits per heavy atom. The summed E-state index contributed by atoms with van der Waals surface area (Å²) in [5.41, 5.74) is 5.63. The number of carbonyl (C=O) groups is 4. The molecular weight excluding hydrogens is 346 g/mol. The van der Waals surface area contributed by atoms with Crippen molar-refractivity contribution in [3.05, 3.63) is 0 Å². The van der Waals surface area contributed by atoms with Crippen LogP contribution in [-0.2, 0) is 38.1 Å². The Hall–Kier alpha value is -1.84. The molecule has 0 rings (SSSR count). The van der Waals surface area contributed by atoms with Crippen LogP contribution in [0.2, 0.25) is 0 Å². The number of esters is 2. The van der Waals surface area contributed by atoms with Gasteiger partial charge in [0.2, 0.25) is 0 Å². The van der Waals surface area contributed by atoms with Crippen molar-refractivity contribution >= 4 is 24.5 Å². The molecule has 0 aromatic carbocycles. The molecule has 0 bridgehead atoms. The SMILES string of the molecule is CCCCOC(C=O)OC(=O)CC[C@H](N)C(=O)OC(C=O)OCCCC. The summed E-state index contributed by atoms with van der Waals surface area (Å²) in [6, 6.07) is -1.13. The molecule has 0 amide bonds. The first kappa shape index (κ1) is 24.2. The van der Waals surface area contributed by atoms with Gasteiger partial charge in [-0.3, -0.25) is 19.2 Å². The third-order valence-corrected chi connectivity index (χ3v) is 3.22. The lowest BCUT2D eigenvalue weighted by Crippen LogP contribution is -2.37. The van der Waals surface area contributed by atoms with Gasteiger partial charge in [0.15, 0.2) is 12.6 Å². The fourth-order valence-corrected chi connectivity index (χ4v) is 1.67. The zero-order valence-corrected chi connectivity index (χ0v) is 15.4. The third-order valence-electron chi connectivity index (χ3n) is 3.22. The Morgan fingerprint density at radius 3 is 1.88 bits per heavy atom. The van der Waals surface area contributed by atoms with Crippen molar-refractivity contribution in [3.63, 3.8) is 0 Å². The Bertz CT molecular complexity index is 429. The van der Waals surface area contributed by atoms with Crippen LogP contribution in [0.5, 0.6) is 0 Å². The van der Waals surface area contributed by atoms with Crippen LogP contribution in [0.4, 0.5) is 0 Å². The number of carbonyl (C=O) groups excluding carboxylic acids is 4. The van der Waals surface area contributed by atoms with E-state index in [0.29, 0.717) is 19.2 Å². The summed E-state index contributed by atoms with van der Waals surface area (Å²) < 4.78 is 19.8. The molecule has 0 radical (unpaired) electrons. The highest BCUT2D eigenvalue weighted by molar-refractivity contribution is 5.78. The summed E-state index contributed by atoms with van der Waals surface area (Å²) in [5, 5.41) is 0. The van der Waals surface area contributed by atoms with Gasteiger partial charge in [-0.2, -0.15) is 0 Å². The lowest BCUT2D eigenvalue weighted by atomic mass is 10.2. The van der Waals surface area contributed by atoms with E-state index in [1.807, 2.05) is 13.8 Å². The molecular formula is C17H29NO8. The van der Waals surface area contributed by atoms with Gasteiger partial charge in [-0.05, 0) is 19.3 Å². The Balaban J connectivity index is 4.17. The summed E-state index contributed by atoms with van der Waals surface area (Å²) in [7, 11) is 0. The number of ether oxygens (including phenoxy) is 4. The molecule has 0 spiro atoms. The maximum Gasteiger partial charge on any atom is 0.325 e. The molecule has 2 N–H and O–H groups in total. The maximum atomic E-state index is 11.8. The van der Waals surface area contributed by atoms with Gasteiger partial charge in [-0.1, -0.05) is 26.7 Å². The number of unbranched alkanes of at least 4 members (excludes halogenated alkanes) is 2. The highest BCUT2D eigenvalue weighted by Gasteiger charge is 2.22. The van der Waals surface area contributed by atoms with Gasteiger partial charge in [0.05, 0.1) is 13.2 Å². The lowest BCUT2D eigenvalue weighted by molar-refractivity contribution is -0.182. The fourth-order valence-electron chi connectivity index (χ4n) is 1.67. The number of nitrogens with two attached hydrogens (primary N) is 1. The van der Waals surface area contributed by atoms with Crippen molar-refractivity contribution in [3.8, 4) is 0 Å².